The van der Waals surface area contributed by atoms with Crippen LogP contribution >= 0.6 is 27.3 Å². The van der Waals surface area contributed by atoms with E-state index in [0.29, 0.717) is 21.4 Å². The van der Waals surface area contributed by atoms with Crippen LogP contribution in [0.5, 0.6) is 0 Å². The van der Waals surface area contributed by atoms with Crippen LogP contribution in [0.3, 0.4) is 0 Å². The first kappa shape index (κ1) is 13.2. The molecule has 0 atom stereocenters. The minimum Gasteiger partial charge on any atom is -0.288 e. The molecule has 0 saturated carbocycles. The van der Waals surface area contributed by atoms with Gasteiger partial charge in [-0.2, -0.15) is 13.2 Å². The lowest BCUT2D eigenvalue weighted by atomic mass is 10.1. The van der Waals surface area contributed by atoms with Gasteiger partial charge in [0, 0.05) is 16.2 Å². The Morgan fingerprint density at radius 3 is 2.61 bits per heavy atom. The number of benzene rings is 1. The van der Waals surface area contributed by atoms with E-state index < -0.39 is 17.0 Å². The molecule has 0 aliphatic rings. The average molecular weight is 336 g/mol. The Balaban J connectivity index is 2.33. The topological polar surface area (TPSA) is 30.0 Å². The number of hydrogen-bond acceptors (Lipinski definition) is 3. The third-order valence-electron chi connectivity index (χ3n) is 2.06. The first-order chi connectivity index (χ1) is 8.38. The molecule has 18 heavy (non-hydrogen) atoms. The molecular formula is C11H5BrF3NOS. The lowest BCUT2D eigenvalue weighted by Gasteiger charge is -1.99. The van der Waals surface area contributed by atoms with Gasteiger partial charge in [-0.1, -0.05) is 28.1 Å². The molecule has 0 unspecified atom stereocenters. The number of nitrogens with zero attached hydrogens (tertiary/aromatic N) is 1. The molecule has 94 valence electrons. The normalized spacial score (nSPS) is 11.6. The Morgan fingerprint density at radius 1 is 1.33 bits per heavy atom. The summed E-state index contributed by atoms with van der Waals surface area (Å²) in [4.78, 5) is 15.1. The number of hydrogen-bond donors (Lipinski definition) is 0. The summed E-state index contributed by atoms with van der Waals surface area (Å²) in [5.74, 6) is -0.468. The van der Waals surface area contributed by atoms with Crippen molar-refractivity contribution in [2.45, 2.75) is 6.18 Å². The van der Waals surface area contributed by atoms with E-state index in [2.05, 4.69) is 20.9 Å². The van der Waals surface area contributed by atoms with Crippen molar-refractivity contribution in [3.8, 4) is 0 Å². The number of aromatic nitrogens is 1. The molecule has 0 aliphatic carbocycles. The summed E-state index contributed by atoms with van der Waals surface area (Å²) in [7, 11) is 0. The van der Waals surface area contributed by atoms with Gasteiger partial charge in [-0.05, 0) is 12.1 Å². The average Bonchev–Trinajstić information content (AvgIpc) is 2.77. The quantitative estimate of drug-likeness (QED) is 0.771. The number of rotatable bonds is 2. The van der Waals surface area contributed by atoms with Gasteiger partial charge in [-0.3, -0.25) is 4.79 Å². The van der Waals surface area contributed by atoms with E-state index in [1.807, 2.05) is 0 Å². The number of thiazole rings is 1. The molecule has 2 rings (SSSR count). The van der Waals surface area contributed by atoms with Gasteiger partial charge in [0.2, 0.25) is 5.78 Å². The lowest BCUT2D eigenvalue weighted by Crippen LogP contribution is -2.03. The number of ketones is 1. The van der Waals surface area contributed by atoms with Gasteiger partial charge in [0.25, 0.3) is 0 Å². The lowest BCUT2D eigenvalue weighted by molar-refractivity contribution is -0.137. The molecule has 0 amide bonds. The highest BCUT2D eigenvalue weighted by molar-refractivity contribution is 9.10. The predicted molar refractivity (Wildman–Crippen MR) is 64.7 cm³/mol. The van der Waals surface area contributed by atoms with Gasteiger partial charge in [0.15, 0.2) is 5.01 Å². The van der Waals surface area contributed by atoms with E-state index in [1.54, 1.807) is 24.3 Å². The minimum absolute atomic E-state index is 0.0274. The first-order valence-electron chi connectivity index (χ1n) is 4.71. The van der Waals surface area contributed by atoms with E-state index in [9.17, 15) is 18.0 Å². The van der Waals surface area contributed by atoms with Crippen LogP contribution in [-0.4, -0.2) is 10.8 Å². The maximum Gasteiger partial charge on any atom is 0.443 e. The standard InChI is InChI=1S/C11H5BrF3NOS/c12-7-3-1-2-6(4-7)9(17)8-5-16-10(18-8)11(13,14)15/h1-5H. The molecule has 2 nitrogen and oxygen atoms in total. The molecule has 7 heteroatoms. The fourth-order valence-corrected chi connectivity index (χ4v) is 2.43. The van der Waals surface area contributed by atoms with Crippen LogP contribution in [0.4, 0.5) is 13.2 Å². The van der Waals surface area contributed by atoms with Gasteiger partial charge in [-0.15, -0.1) is 11.3 Å². The fourth-order valence-electron chi connectivity index (χ4n) is 1.28. The number of carbonyl (C=O) groups excluding carboxylic acids is 1. The van der Waals surface area contributed by atoms with Gasteiger partial charge in [0.1, 0.15) is 0 Å². The summed E-state index contributed by atoms with van der Waals surface area (Å²) in [5, 5.41) is -1.01. The van der Waals surface area contributed by atoms with Crippen LogP contribution in [0.1, 0.15) is 20.2 Å². The maximum absolute atomic E-state index is 12.4. The van der Waals surface area contributed by atoms with Gasteiger partial charge in [-0.25, -0.2) is 4.98 Å². The van der Waals surface area contributed by atoms with Crippen molar-refractivity contribution >= 4 is 33.0 Å². The predicted octanol–water partition coefficient (Wildman–Crippen LogP) is 4.16. The summed E-state index contributed by atoms with van der Waals surface area (Å²) in [5.41, 5.74) is 0.321. The Kier molecular flexibility index (Phi) is 3.54. The number of carbonyl (C=O) groups is 1. The van der Waals surface area contributed by atoms with Crippen LogP contribution in [0.2, 0.25) is 0 Å². The third kappa shape index (κ3) is 2.78. The SMILES string of the molecule is O=C(c1cccc(Br)c1)c1cnc(C(F)(F)F)s1. The van der Waals surface area contributed by atoms with Crippen molar-refractivity contribution in [1.29, 1.82) is 0 Å². The van der Waals surface area contributed by atoms with Crippen molar-refractivity contribution < 1.29 is 18.0 Å². The van der Waals surface area contributed by atoms with Crippen LogP contribution in [0.15, 0.2) is 34.9 Å². The van der Waals surface area contributed by atoms with Gasteiger partial charge in [0.05, 0.1) is 4.88 Å². The molecular weight excluding hydrogens is 331 g/mol. The van der Waals surface area contributed by atoms with E-state index in [4.69, 9.17) is 0 Å². The largest absolute Gasteiger partial charge is 0.443 e. The molecule has 1 heterocycles. The second kappa shape index (κ2) is 4.81. The molecule has 0 bridgehead atoms. The van der Waals surface area contributed by atoms with E-state index >= 15 is 0 Å². The Bertz CT molecular complexity index is 594. The Hall–Kier alpha value is -1.21. The summed E-state index contributed by atoms with van der Waals surface area (Å²) in [6.07, 6.45) is -3.56. The highest BCUT2D eigenvalue weighted by Crippen LogP contribution is 2.33. The summed E-state index contributed by atoms with van der Waals surface area (Å²) in [6, 6.07) is 6.46. The van der Waals surface area contributed by atoms with Gasteiger partial charge < -0.3 is 0 Å². The maximum atomic E-state index is 12.4. The molecule has 1 aromatic carbocycles. The van der Waals surface area contributed by atoms with Crippen molar-refractivity contribution in [2.24, 2.45) is 0 Å². The highest BCUT2D eigenvalue weighted by atomic mass is 79.9. The van der Waals surface area contributed by atoms with Crippen LogP contribution in [0.25, 0.3) is 0 Å². The first-order valence-corrected chi connectivity index (χ1v) is 6.32. The van der Waals surface area contributed by atoms with Crippen LogP contribution in [0, 0.1) is 0 Å². The van der Waals surface area contributed by atoms with Crippen molar-refractivity contribution in [3.05, 3.63) is 50.4 Å². The second-order valence-corrected chi connectivity index (χ2v) is 5.31. The molecule has 0 spiro atoms. The van der Waals surface area contributed by atoms with E-state index in [-0.39, 0.29) is 4.88 Å². The second-order valence-electron chi connectivity index (χ2n) is 3.37. The van der Waals surface area contributed by atoms with Crippen molar-refractivity contribution in [1.82, 2.24) is 4.98 Å². The molecule has 2 aromatic rings. The van der Waals surface area contributed by atoms with Gasteiger partial charge >= 0.3 is 6.18 Å². The molecule has 0 radical (unpaired) electrons. The zero-order valence-corrected chi connectivity index (χ0v) is 11.1. The molecule has 0 N–H and O–H groups in total. The zero-order valence-electron chi connectivity index (χ0n) is 8.66. The zero-order chi connectivity index (χ0) is 13.3. The Labute approximate surface area is 113 Å². The molecule has 1 aromatic heterocycles. The minimum atomic E-state index is -4.51. The molecule has 0 saturated heterocycles. The van der Waals surface area contributed by atoms with Crippen molar-refractivity contribution in [2.75, 3.05) is 0 Å². The monoisotopic (exact) mass is 335 g/mol. The van der Waals surface area contributed by atoms with Crippen molar-refractivity contribution in [3.63, 3.8) is 0 Å². The van der Waals surface area contributed by atoms with Crippen LogP contribution in [-0.2, 0) is 6.18 Å². The molecule has 0 fully saturated rings. The van der Waals surface area contributed by atoms with E-state index in [1.165, 1.54) is 0 Å². The Morgan fingerprint density at radius 2 is 2.06 bits per heavy atom. The smallest absolute Gasteiger partial charge is 0.288 e. The fraction of sp³-hybridized carbons (Fsp3) is 0.0909. The van der Waals surface area contributed by atoms with Crippen LogP contribution < -0.4 is 0 Å². The number of alkyl halides is 3. The summed E-state index contributed by atoms with van der Waals surface area (Å²) < 4.78 is 37.8. The third-order valence-corrected chi connectivity index (χ3v) is 3.59. The summed E-state index contributed by atoms with van der Waals surface area (Å²) >= 11 is 3.54. The summed E-state index contributed by atoms with van der Waals surface area (Å²) in [6.45, 7) is 0. The molecule has 0 aliphatic heterocycles. The number of halogens is 4. The highest BCUT2D eigenvalue weighted by Gasteiger charge is 2.35. The van der Waals surface area contributed by atoms with E-state index in [0.717, 1.165) is 6.20 Å².